The fourth-order valence-electron chi connectivity index (χ4n) is 4.35. The maximum absolute atomic E-state index is 13.2. The van der Waals surface area contributed by atoms with Crippen LogP contribution in [0.4, 0.5) is 13.2 Å². The van der Waals surface area contributed by atoms with E-state index in [4.69, 9.17) is 0 Å². The molecule has 2 fully saturated rings. The fraction of sp³-hybridized carbons (Fsp3) is 0.444. The molecule has 2 heterocycles. The van der Waals surface area contributed by atoms with Crippen LogP contribution in [0.3, 0.4) is 0 Å². The van der Waals surface area contributed by atoms with Crippen molar-refractivity contribution in [2.75, 3.05) is 13.1 Å². The molecule has 0 spiro atoms. The first kappa shape index (κ1) is 18.5. The molecule has 1 aliphatic carbocycles. The number of benzene rings is 1. The van der Waals surface area contributed by atoms with Crippen LogP contribution in [0, 0.1) is 11.3 Å². The molecular formula is C18H17F3N4O3. The number of carboxylic acids is 1. The zero-order chi connectivity index (χ0) is 20.1. The summed E-state index contributed by atoms with van der Waals surface area (Å²) in [5.41, 5.74) is -2.17. The molecule has 1 saturated carbocycles. The molecule has 7 nitrogen and oxygen atoms in total. The summed E-state index contributed by atoms with van der Waals surface area (Å²) in [7, 11) is 0. The molecule has 0 radical (unpaired) electrons. The van der Waals surface area contributed by atoms with Crippen molar-refractivity contribution in [3.63, 3.8) is 0 Å². The minimum atomic E-state index is -4.58. The van der Waals surface area contributed by atoms with Crippen LogP contribution in [0.2, 0.25) is 0 Å². The van der Waals surface area contributed by atoms with Gasteiger partial charge in [0.2, 0.25) is 0 Å². The van der Waals surface area contributed by atoms with E-state index < -0.39 is 29.0 Å². The lowest BCUT2D eigenvalue weighted by Gasteiger charge is -2.22. The molecule has 2 aromatic rings. The summed E-state index contributed by atoms with van der Waals surface area (Å²) in [5, 5.41) is 17.0. The number of hydrogen-bond donors (Lipinski definition) is 1. The number of aliphatic carboxylic acids is 1. The minimum Gasteiger partial charge on any atom is -0.481 e. The van der Waals surface area contributed by atoms with E-state index in [-0.39, 0.29) is 23.8 Å². The van der Waals surface area contributed by atoms with Crippen LogP contribution in [0.25, 0.3) is 5.69 Å². The van der Waals surface area contributed by atoms with Crippen molar-refractivity contribution in [1.29, 1.82) is 0 Å². The molecule has 0 unspecified atom stereocenters. The highest BCUT2D eigenvalue weighted by Gasteiger charge is 2.56. The molecule has 0 bridgehead atoms. The zero-order valence-electron chi connectivity index (χ0n) is 14.7. The monoisotopic (exact) mass is 394 g/mol. The van der Waals surface area contributed by atoms with Crippen molar-refractivity contribution in [2.24, 2.45) is 11.3 Å². The molecule has 1 aromatic heterocycles. The van der Waals surface area contributed by atoms with Crippen LogP contribution in [0.5, 0.6) is 0 Å². The largest absolute Gasteiger partial charge is 0.481 e. The molecule has 1 aromatic carbocycles. The van der Waals surface area contributed by atoms with Crippen LogP contribution in [-0.2, 0) is 11.0 Å². The topological polar surface area (TPSA) is 88.3 Å². The number of rotatable bonds is 3. The highest BCUT2D eigenvalue weighted by Crippen LogP contribution is 2.49. The van der Waals surface area contributed by atoms with Crippen molar-refractivity contribution in [3.8, 4) is 5.69 Å². The summed E-state index contributed by atoms with van der Waals surface area (Å²) in [5.74, 6) is -1.55. The SMILES string of the molecule is O=C(c1cn(-c2ccccc2C(F)(F)F)nn1)N1C[C@@H]2CCC[C@@]2(C(=O)O)C1. The maximum atomic E-state index is 13.2. The van der Waals surface area contributed by atoms with Gasteiger partial charge in [-0.15, -0.1) is 5.10 Å². The van der Waals surface area contributed by atoms with Crippen LogP contribution in [-0.4, -0.2) is 50.0 Å². The van der Waals surface area contributed by atoms with Crippen molar-refractivity contribution in [2.45, 2.75) is 25.4 Å². The minimum absolute atomic E-state index is 0.0812. The number of carboxylic acid groups (broad SMARTS) is 1. The Balaban J connectivity index is 1.60. The normalized spacial score (nSPS) is 24.4. The van der Waals surface area contributed by atoms with Crippen LogP contribution >= 0.6 is 0 Å². The van der Waals surface area contributed by atoms with E-state index in [0.717, 1.165) is 29.8 Å². The van der Waals surface area contributed by atoms with Crippen molar-refractivity contribution >= 4 is 11.9 Å². The molecular weight excluding hydrogens is 377 g/mol. The Kier molecular flexibility index (Phi) is 4.16. The lowest BCUT2D eigenvalue weighted by Crippen LogP contribution is -2.37. The van der Waals surface area contributed by atoms with Gasteiger partial charge in [-0.05, 0) is 30.9 Å². The van der Waals surface area contributed by atoms with E-state index >= 15 is 0 Å². The summed E-state index contributed by atoms with van der Waals surface area (Å²) >= 11 is 0. The van der Waals surface area contributed by atoms with Crippen molar-refractivity contribution in [3.05, 3.63) is 41.7 Å². The average Bonchev–Trinajstić information content (AvgIpc) is 3.34. The molecule has 1 amide bonds. The van der Waals surface area contributed by atoms with Crippen LogP contribution in [0.1, 0.15) is 35.3 Å². The first-order valence-electron chi connectivity index (χ1n) is 8.84. The first-order valence-corrected chi connectivity index (χ1v) is 8.84. The van der Waals surface area contributed by atoms with Gasteiger partial charge < -0.3 is 10.0 Å². The van der Waals surface area contributed by atoms with Gasteiger partial charge in [0, 0.05) is 13.1 Å². The van der Waals surface area contributed by atoms with E-state index in [1.54, 1.807) is 0 Å². The van der Waals surface area contributed by atoms with Gasteiger partial charge in [-0.3, -0.25) is 9.59 Å². The summed E-state index contributed by atoms with van der Waals surface area (Å²) < 4.78 is 40.5. The number of nitrogens with zero attached hydrogens (tertiary/aromatic N) is 4. The first-order chi connectivity index (χ1) is 13.2. The number of aromatic nitrogens is 3. The standard InChI is InChI=1S/C18H17F3N4O3/c19-18(20,21)12-5-1-2-6-14(12)25-9-13(22-23-25)15(26)24-8-11-4-3-7-17(11,10-24)16(27)28/h1-2,5-6,9,11H,3-4,7-8,10H2,(H,27,28)/t11-,17+/m0/s1. The van der Waals surface area contributed by atoms with Gasteiger partial charge in [-0.25, -0.2) is 4.68 Å². The van der Waals surface area contributed by atoms with Gasteiger partial charge in [0.25, 0.3) is 5.91 Å². The van der Waals surface area contributed by atoms with Gasteiger partial charge in [-0.1, -0.05) is 23.8 Å². The summed E-state index contributed by atoms with van der Waals surface area (Å²) in [6.07, 6.45) is -1.37. The molecule has 2 aliphatic rings. The number of likely N-dealkylation sites (tertiary alicyclic amines) is 1. The van der Waals surface area contributed by atoms with Gasteiger partial charge in [0.15, 0.2) is 5.69 Å². The summed E-state index contributed by atoms with van der Waals surface area (Å²) in [6, 6.07) is 4.87. The summed E-state index contributed by atoms with van der Waals surface area (Å²) in [4.78, 5) is 25.9. The lowest BCUT2D eigenvalue weighted by atomic mass is 9.81. The van der Waals surface area contributed by atoms with Crippen LogP contribution in [0.15, 0.2) is 30.5 Å². The van der Waals surface area contributed by atoms with E-state index in [1.165, 1.54) is 23.1 Å². The molecule has 28 heavy (non-hydrogen) atoms. The predicted molar refractivity (Wildman–Crippen MR) is 89.7 cm³/mol. The zero-order valence-corrected chi connectivity index (χ0v) is 14.7. The lowest BCUT2D eigenvalue weighted by molar-refractivity contribution is -0.149. The van der Waals surface area contributed by atoms with Crippen LogP contribution < -0.4 is 0 Å². The summed E-state index contributed by atoms with van der Waals surface area (Å²) in [6.45, 7) is 0.384. The Morgan fingerprint density at radius 2 is 2.00 bits per heavy atom. The molecule has 1 aliphatic heterocycles. The highest BCUT2D eigenvalue weighted by molar-refractivity contribution is 5.93. The second-order valence-corrected chi connectivity index (χ2v) is 7.30. The molecule has 4 rings (SSSR count). The average molecular weight is 394 g/mol. The molecule has 2 atom stereocenters. The Morgan fingerprint density at radius 1 is 1.25 bits per heavy atom. The van der Waals surface area contributed by atoms with E-state index in [9.17, 15) is 27.9 Å². The number of alkyl halides is 3. The fourth-order valence-corrected chi connectivity index (χ4v) is 4.35. The highest BCUT2D eigenvalue weighted by atomic mass is 19.4. The van der Waals surface area contributed by atoms with Crippen molar-refractivity contribution in [1.82, 2.24) is 19.9 Å². The number of hydrogen-bond acceptors (Lipinski definition) is 4. The Labute approximate surface area is 157 Å². The second kappa shape index (κ2) is 6.32. The Bertz CT molecular complexity index is 942. The molecule has 1 N–H and O–H groups in total. The smallest absolute Gasteiger partial charge is 0.418 e. The van der Waals surface area contributed by atoms with Gasteiger partial charge >= 0.3 is 12.1 Å². The third-order valence-electron chi connectivity index (χ3n) is 5.75. The number of fused-ring (bicyclic) bond motifs is 1. The molecule has 148 valence electrons. The van der Waals surface area contributed by atoms with Crippen molar-refractivity contribution < 1.29 is 27.9 Å². The third kappa shape index (κ3) is 2.83. The second-order valence-electron chi connectivity index (χ2n) is 7.30. The number of carbonyl (C=O) groups is 2. The number of carbonyl (C=O) groups excluding carboxylic acids is 1. The Hall–Kier alpha value is -2.91. The quantitative estimate of drug-likeness (QED) is 0.865. The number of amides is 1. The number of halogens is 3. The van der Waals surface area contributed by atoms with Gasteiger partial charge in [0.1, 0.15) is 0 Å². The third-order valence-corrected chi connectivity index (χ3v) is 5.75. The van der Waals surface area contributed by atoms with E-state index in [0.29, 0.717) is 13.0 Å². The molecule has 1 saturated heterocycles. The molecule has 10 heteroatoms. The van der Waals surface area contributed by atoms with Gasteiger partial charge in [0.05, 0.1) is 22.9 Å². The Morgan fingerprint density at radius 3 is 2.68 bits per heavy atom. The predicted octanol–water partition coefficient (Wildman–Crippen LogP) is 2.61. The maximum Gasteiger partial charge on any atom is 0.418 e. The van der Waals surface area contributed by atoms with Gasteiger partial charge in [-0.2, -0.15) is 13.2 Å². The van der Waals surface area contributed by atoms with E-state index in [1.807, 2.05) is 0 Å². The number of para-hydroxylation sites is 1. The van der Waals surface area contributed by atoms with E-state index in [2.05, 4.69) is 10.3 Å².